The Morgan fingerprint density at radius 2 is 0.423 bits per heavy atom. The van der Waals surface area contributed by atoms with Crippen LogP contribution in [0.1, 0.15) is 0 Å². The number of hydrogen-bond donors (Lipinski definition) is 0. The molecule has 142 valence electrons. The molecule has 0 aromatic rings. The van der Waals surface area contributed by atoms with Crippen LogP contribution in [0.15, 0.2) is 36.5 Å². The fraction of sp³-hybridized carbons (Fsp3) is 0. The maximum absolute atomic E-state index is 9.41. The number of carboxylic acids is 6. The summed E-state index contributed by atoms with van der Waals surface area (Å²) in [5, 5.41) is 56.5. The summed E-state index contributed by atoms with van der Waals surface area (Å²) < 4.78 is 0. The van der Waals surface area contributed by atoms with E-state index in [0.717, 1.165) is 0 Å². The Morgan fingerprint density at radius 1 is 0.346 bits per heavy atom. The van der Waals surface area contributed by atoms with Crippen molar-refractivity contribution in [2.24, 2.45) is 0 Å². The van der Waals surface area contributed by atoms with E-state index in [0.29, 0.717) is 36.5 Å². The third kappa shape index (κ3) is 58.2. The van der Waals surface area contributed by atoms with Crippen molar-refractivity contribution < 1.29 is 93.5 Å². The molecule has 2 radical (unpaired) electrons. The van der Waals surface area contributed by atoms with E-state index in [4.69, 9.17) is 0 Å². The van der Waals surface area contributed by atoms with Crippen molar-refractivity contribution in [3.63, 3.8) is 0 Å². The number of hydrogen-bond acceptors (Lipinski definition) is 12. The van der Waals surface area contributed by atoms with E-state index in [1.165, 1.54) is 0 Å². The molecule has 0 heterocycles. The molecule has 0 saturated heterocycles. The van der Waals surface area contributed by atoms with E-state index < -0.39 is 35.8 Å². The van der Waals surface area contributed by atoms with E-state index in [-0.39, 0.29) is 34.1 Å². The van der Waals surface area contributed by atoms with Gasteiger partial charge in [0.25, 0.3) is 0 Å². The molecule has 0 N–H and O–H groups in total. The Bertz CT molecular complexity index is 448. The summed E-state index contributed by atoms with van der Waals surface area (Å²) in [5.74, 6) is -9.28. The molecule has 0 saturated carbocycles. The molecule has 0 atom stereocenters. The quantitative estimate of drug-likeness (QED) is 0.268. The zero-order valence-corrected chi connectivity index (χ0v) is 14.3. The topological polar surface area (TPSA) is 241 Å². The van der Waals surface area contributed by atoms with Crippen molar-refractivity contribution in [1.82, 2.24) is 0 Å². The Hall–Kier alpha value is -2.92. The van der Waals surface area contributed by atoms with Gasteiger partial charge in [0.1, 0.15) is 0 Å². The Balaban J connectivity index is -0.0000000817. The molecular weight excluding hydrogens is 448 g/mol. The molecule has 0 aromatic carbocycles. The molecule has 26 heavy (non-hydrogen) atoms. The molecule has 14 heteroatoms. The average molecular weight is 454 g/mol. The van der Waals surface area contributed by atoms with Gasteiger partial charge in [0, 0.05) is 0 Å². The SMILES string of the molecule is O=C([O-])/C=C/C(=O)[O-].O=C([O-])/C=C/C(=O)[O-].O=C([O-])/C=C\C(=O)[O-].[Fe+3].[Fe+3]. The fourth-order valence-electron chi connectivity index (χ4n) is 0.408. The standard InChI is InChI=1S/3C4H4O4.2Fe/c3*5-3(6)1-2-4(7)8;;/h3*1-2H,(H,5,6)(H,7,8);;/q;;;2*+3/p-6/b2*2-1+;2-1-;;. The zero-order valence-electron chi connectivity index (χ0n) is 12.1. The van der Waals surface area contributed by atoms with Gasteiger partial charge in [-0.25, -0.2) is 0 Å². The maximum Gasteiger partial charge on any atom is 3.00 e. The first-order valence-electron chi connectivity index (χ1n) is 5.18. The first-order valence-corrected chi connectivity index (χ1v) is 5.18. The first-order chi connectivity index (χ1) is 10.9. The summed E-state index contributed by atoms with van der Waals surface area (Å²) in [6, 6.07) is 0. The minimum absolute atomic E-state index is 0. The Kier molecular flexibility index (Phi) is 29.2. The number of carbonyl (C=O) groups is 6. The van der Waals surface area contributed by atoms with Crippen LogP contribution in [0.2, 0.25) is 0 Å². The summed E-state index contributed by atoms with van der Waals surface area (Å²) >= 11 is 0. The Morgan fingerprint density at radius 3 is 0.462 bits per heavy atom. The van der Waals surface area contributed by atoms with Crippen LogP contribution < -0.4 is 30.6 Å². The van der Waals surface area contributed by atoms with Crippen LogP contribution in [-0.4, -0.2) is 35.8 Å². The molecule has 0 rings (SSSR count). The van der Waals surface area contributed by atoms with Gasteiger partial charge in [0.15, 0.2) is 0 Å². The van der Waals surface area contributed by atoms with Gasteiger partial charge in [-0.05, 0) is 36.5 Å². The van der Waals surface area contributed by atoms with Crippen LogP contribution in [0.5, 0.6) is 0 Å². The molecule has 0 amide bonds. The molecule has 0 aliphatic heterocycles. The molecule has 0 bridgehead atoms. The van der Waals surface area contributed by atoms with Gasteiger partial charge in [-0.3, -0.25) is 0 Å². The van der Waals surface area contributed by atoms with Crippen molar-refractivity contribution in [2.45, 2.75) is 0 Å². The third-order valence-electron chi connectivity index (χ3n) is 1.07. The summed E-state index contributed by atoms with van der Waals surface area (Å²) in [6.07, 6.45) is 2.31. The summed E-state index contributed by atoms with van der Waals surface area (Å²) in [7, 11) is 0. The second-order valence-corrected chi connectivity index (χ2v) is 2.91. The minimum atomic E-state index is -1.55. The van der Waals surface area contributed by atoms with Crippen LogP contribution in [0.4, 0.5) is 0 Å². The summed E-state index contributed by atoms with van der Waals surface area (Å²) in [5.41, 5.74) is 0. The second-order valence-electron chi connectivity index (χ2n) is 2.91. The second kappa shape index (κ2) is 22.1. The molecule has 0 spiro atoms. The predicted molar refractivity (Wildman–Crippen MR) is 57.5 cm³/mol. The largest absolute Gasteiger partial charge is 3.00 e. The zero-order chi connectivity index (χ0) is 19.7. The van der Waals surface area contributed by atoms with E-state index in [1.807, 2.05) is 0 Å². The van der Waals surface area contributed by atoms with E-state index >= 15 is 0 Å². The number of carboxylic acid groups (broad SMARTS) is 6. The average Bonchev–Trinajstić information content (AvgIpc) is 2.42. The van der Waals surface area contributed by atoms with E-state index in [9.17, 15) is 59.4 Å². The molecular formula is C12H6Fe2O12. The van der Waals surface area contributed by atoms with Crippen LogP contribution in [-0.2, 0) is 62.9 Å². The van der Waals surface area contributed by atoms with Gasteiger partial charge in [-0.1, -0.05) is 0 Å². The van der Waals surface area contributed by atoms with Crippen LogP contribution in [0.3, 0.4) is 0 Å². The van der Waals surface area contributed by atoms with Gasteiger partial charge >= 0.3 is 34.1 Å². The minimum Gasteiger partial charge on any atom is -0.545 e. The van der Waals surface area contributed by atoms with Gasteiger partial charge in [0.2, 0.25) is 0 Å². The number of aliphatic carboxylic acids is 6. The monoisotopic (exact) mass is 454 g/mol. The van der Waals surface area contributed by atoms with E-state index in [2.05, 4.69) is 0 Å². The fourth-order valence-corrected chi connectivity index (χ4v) is 0.408. The number of rotatable bonds is 6. The van der Waals surface area contributed by atoms with Gasteiger partial charge < -0.3 is 59.4 Å². The molecule has 0 aliphatic rings. The molecule has 0 aromatic heterocycles. The van der Waals surface area contributed by atoms with Crippen LogP contribution >= 0.6 is 0 Å². The third-order valence-corrected chi connectivity index (χ3v) is 1.07. The normalized spacial score (nSPS) is 8.77. The molecule has 12 nitrogen and oxygen atoms in total. The predicted octanol–water partition coefficient (Wildman–Crippen LogP) is -8.88. The van der Waals surface area contributed by atoms with Crippen molar-refractivity contribution in [3.8, 4) is 0 Å². The smallest absolute Gasteiger partial charge is 0.545 e. The molecule has 0 unspecified atom stereocenters. The summed E-state index contributed by atoms with van der Waals surface area (Å²) in [6.45, 7) is 0. The number of carbonyl (C=O) groups excluding carboxylic acids is 6. The molecule has 0 fully saturated rings. The summed E-state index contributed by atoms with van der Waals surface area (Å²) in [4.78, 5) is 56.5. The van der Waals surface area contributed by atoms with Gasteiger partial charge in [-0.15, -0.1) is 0 Å². The van der Waals surface area contributed by atoms with Crippen LogP contribution in [0, 0.1) is 0 Å². The Labute approximate surface area is 166 Å². The van der Waals surface area contributed by atoms with Crippen molar-refractivity contribution in [2.75, 3.05) is 0 Å². The maximum atomic E-state index is 9.41. The van der Waals surface area contributed by atoms with Crippen molar-refractivity contribution in [1.29, 1.82) is 0 Å². The van der Waals surface area contributed by atoms with Gasteiger partial charge in [-0.2, -0.15) is 0 Å². The van der Waals surface area contributed by atoms with Gasteiger partial charge in [0.05, 0.1) is 35.8 Å². The van der Waals surface area contributed by atoms with E-state index in [1.54, 1.807) is 0 Å². The van der Waals surface area contributed by atoms with Crippen LogP contribution in [0.25, 0.3) is 0 Å². The van der Waals surface area contributed by atoms with Crippen molar-refractivity contribution >= 4 is 35.8 Å². The van der Waals surface area contributed by atoms with Crippen molar-refractivity contribution in [3.05, 3.63) is 36.5 Å². The molecule has 0 aliphatic carbocycles. The first kappa shape index (κ1) is 34.4.